The summed E-state index contributed by atoms with van der Waals surface area (Å²) in [5.41, 5.74) is 11.3. The van der Waals surface area contributed by atoms with Gasteiger partial charge in [-0.05, 0) is 70.4 Å². The van der Waals surface area contributed by atoms with E-state index in [9.17, 15) is 0 Å². The summed E-state index contributed by atoms with van der Waals surface area (Å²) in [7, 11) is 0. The van der Waals surface area contributed by atoms with Gasteiger partial charge < -0.3 is 4.40 Å². The van der Waals surface area contributed by atoms with Gasteiger partial charge in [0.15, 0.2) is 0 Å². The molecule has 13 aromatic rings. The van der Waals surface area contributed by atoms with E-state index in [0.29, 0.717) is 5.95 Å². The van der Waals surface area contributed by atoms with Crippen molar-refractivity contribution in [3.05, 3.63) is 158 Å². The predicted molar refractivity (Wildman–Crippen MR) is 223 cm³/mol. The lowest BCUT2D eigenvalue weighted by molar-refractivity contribution is 1.01. The normalized spacial score (nSPS) is 12.5. The van der Waals surface area contributed by atoms with E-state index in [2.05, 4.69) is 167 Å². The number of para-hydroxylation sites is 2. The van der Waals surface area contributed by atoms with Gasteiger partial charge in [0.1, 0.15) is 0 Å². The molecule has 0 aliphatic carbocycles. The smallest absolute Gasteiger partial charge is 0.235 e. The number of hydrogen-bond donors (Lipinski definition) is 0. The van der Waals surface area contributed by atoms with E-state index in [4.69, 9.17) is 9.97 Å². The molecule has 0 bridgehead atoms. The summed E-state index contributed by atoms with van der Waals surface area (Å²) in [4.78, 5) is 10.8. The van der Waals surface area contributed by atoms with Gasteiger partial charge in [0.25, 0.3) is 0 Å². The summed E-state index contributed by atoms with van der Waals surface area (Å²) < 4.78 is 7.43. The van der Waals surface area contributed by atoms with E-state index in [1.807, 2.05) is 11.3 Å². The Balaban J connectivity index is 1.10. The summed E-state index contributed by atoms with van der Waals surface area (Å²) >= 11 is 1.89. The Morgan fingerprint density at radius 1 is 0.415 bits per heavy atom. The number of benzene rings is 8. The van der Waals surface area contributed by atoms with Crippen LogP contribution in [-0.4, -0.2) is 18.9 Å². The zero-order chi connectivity index (χ0) is 34.4. The number of aromatic nitrogens is 4. The van der Waals surface area contributed by atoms with E-state index in [1.165, 1.54) is 80.2 Å². The monoisotopic (exact) mass is 690 g/mol. The molecule has 244 valence electrons. The number of nitrogens with zero attached hydrogens (tertiary/aromatic N) is 4. The predicted octanol–water partition coefficient (Wildman–Crippen LogP) is 13.0. The van der Waals surface area contributed by atoms with E-state index < -0.39 is 0 Å². The molecular weight excluding hydrogens is 665 g/mol. The molecule has 13 rings (SSSR count). The highest BCUT2D eigenvalue weighted by molar-refractivity contribution is 7.26. The Hall–Kier alpha value is -6.82. The average Bonchev–Trinajstić information content (AvgIpc) is 3.84. The van der Waals surface area contributed by atoms with Crippen LogP contribution in [0.2, 0.25) is 0 Å². The number of thiophene rings is 1. The van der Waals surface area contributed by atoms with Crippen LogP contribution in [-0.2, 0) is 0 Å². The Labute approximate surface area is 306 Å². The van der Waals surface area contributed by atoms with Crippen LogP contribution in [0.3, 0.4) is 0 Å². The molecule has 5 heterocycles. The minimum absolute atomic E-state index is 0.677. The van der Waals surface area contributed by atoms with E-state index >= 15 is 0 Å². The van der Waals surface area contributed by atoms with Crippen molar-refractivity contribution in [1.29, 1.82) is 0 Å². The van der Waals surface area contributed by atoms with Gasteiger partial charge in [0.2, 0.25) is 5.95 Å². The second-order valence-corrected chi connectivity index (χ2v) is 15.2. The molecule has 0 N–H and O–H groups in total. The van der Waals surface area contributed by atoms with Crippen molar-refractivity contribution in [3.63, 3.8) is 0 Å². The standard InChI is InChI=1S/C48H26N4S/c1-2-9-30-26-31(21-18-27(30)8-1)28-16-19-29(20-17-28)46-34-11-3-5-12-35(34)49-48(50-46)52-38-15-7-14-37-42(38)43-39(52)23-25-40-44(43)45-41(53-40)24-22-33-32-10-4-6-13-36(32)51(37)47(33)45/h1-26H. The van der Waals surface area contributed by atoms with Gasteiger partial charge in [-0.15, -0.1) is 11.3 Å². The van der Waals surface area contributed by atoms with E-state index in [-0.39, 0.29) is 0 Å². The Morgan fingerprint density at radius 3 is 2.04 bits per heavy atom. The van der Waals surface area contributed by atoms with Crippen LogP contribution in [0.1, 0.15) is 0 Å². The lowest BCUT2D eigenvalue weighted by Gasteiger charge is -2.12. The number of hydrogen-bond acceptors (Lipinski definition) is 3. The zero-order valence-corrected chi connectivity index (χ0v) is 29.0. The Morgan fingerprint density at radius 2 is 1.11 bits per heavy atom. The first kappa shape index (κ1) is 27.8. The molecule has 0 atom stereocenters. The van der Waals surface area contributed by atoms with Crippen LogP contribution < -0.4 is 0 Å². The second kappa shape index (κ2) is 9.94. The third-order valence-electron chi connectivity index (χ3n) is 11.4. The fourth-order valence-corrected chi connectivity index (χ4v) is 10.3. The third kappa shape index (κ3) is 3.59. The topological polar surface area (TPSA) is 35.1 Å². The molecule has 53 heavy (non-hydrogen) atoms. The fraction of sp³-hybridized carbons (Fsp3) is 0. The van der Waals surface area contributed by atoms with Gasteiger partial charge in [-0.3, -0.25) is 4.57 Å². The number of fused-ring (bicyclic) bond motifs is 6. The van der Waals surface area contributed by atoms with Crippen molar-refractivity contribution < 1.29 is 0 Å². The highest BCUT2D eigenvalue weighted by Gasteiger charge is 2.26. The van der Waals surface area contributed by atoms with Crippen LogP contribution in [0, 0.1) is 0 Å². The molecule has 0 amide bonds. The van der Waals surface area contributed by atoms with Gasteiger partial charge in [-0.25, -0.2) is 9.97 Å². The highest BCUT2D eigenvalue weighted by atomic mass is 32.1. The van der Waals surface area contributed by atoms with Crippen molar-refractivity contribution >= 4 is 102 Å². The number of rotatable bonds is 3. The maximum absolute atomic E-state index is 5.46. The summed E-state index contributed by atoms with van der Waals surface area (Å²) in [5.74, 6) is 0.677. The van der Waals surface area contributed by atoms with Crippen LogP contribution in [0.4, 0.5) is 0 Å². The molecule has 0 aliphatic heterocycles. The molecular formula is C48H26N4S. The molecule has 4 nitrogen and oxygen atoms in total. The van der Waals surface area contributed by atoms with Crippen LogP contribution in [0.15, 0.2) is 158 Å². The summed E-state index contributed by atoms with van der Waals surface area (Å²) in [6.07, 6.45) is 0. The minimum atomic E-state index is 0.677. The molecule has 0 fully saturated rings. The molecule has 0 radical (unpaired) electrons. The molecule has 0 spiro atoms. The van der Waals surface area contributed by atoms with E-state index in [1.54, 1.807) is 0 Å². The molecule has 5 heteroatoms. The van der Waals surface area contributed by atoms with Gasteiger partial charge in [0, 0.05) is 52.7 Å². The van der Waals surface area contributed by atoms with E-state index in [0.717, 1.165) is 33.2 Å². The quantitative estimate of drug-likeness (QED) is 0.185. The second-order valence-electron chi connectivity index (χ2n) is 14.2. The minimum Gasteiger partial charge on any atom is -0.308 e. The SMILES string of the molecule is c1ccc2cc(-c3ccc(-c4nc(-n5c6ccc7sc8ccc9c%10ccccc%10n%10c%11cccc5c%11c6c7c8c9%10)nc5ccccc45)cc3)ccc2c1. The molecule has 0 saturated heterocycles. The molecule has 5 aromatic heterocycles. The lowest BCUT2D eigenvalue weighted by atomic mass is 9.99. The summed E-state index contributed by atoms with van der Waals surface area (Å²) in [6.45, 7) is 0. The van der Waals surface area contributed by atoms with Crippen molar-refractivity contribution in [2.75, 3.05) is 0 Å². The largest absolute Gasteiger partial charge is 0.308 e. The van der Waals surface area contributed by atoms with Crippen molar-refractivity contribution in [1.82, 2.24) is 18.9 Å². The van der Waals surface area contributed by atoms with Crippen LogP contribution in [0.5, 0.6) is 0 Å². The Bertz CT molecular complexity index is 3620. The first-order valence-electron chi connectivity index (χ1n) is 18.0. The van der Waals surface area contributed by atoms with Crippen molar-refractivity contribution in [2.24, 2.45) is 0 Å². The first-order chi connectivity index (χ1) is 26.3. The molecule has 0 aliphatic rings. The van der Waals surface area contributed by atoms with Crippen LogP contribution >= 0.6 is 11.3 Å². The third-order valence-corrected chi connectivity index (χ3v) is 12.6. The van der Waals surface area contributed by atoms with Gasteiger partial charge in [-0.2, -0.15) is 0 Å². The summed E-state index contributed by atoms with van der Waals surface area (Å²) in [5, 5.41) is 11.3. The molecule has 0 saturated carbocycles. The van der Waals surface area contributed by atoms with Crippen molar-refractivity contribution in [3.8, 4) is 28.3 Å². The maximum Gasteiger partial charge on any atom is 0.235 e. The average molecular weight is 691 g/mol. The van der Waals surface area contributed by atoms with Gasteiger partial charge >= 0.3 is 0 Å². The maximum atomic E-state index is 5.46. The zero-order valence-electron chi connectivity index (χ0n) is 28.2. The lowest BCUT2D eigenvalue weighted by Crippen LogP contribution is -2.03. The van der Waals surface area contributed by atoms with Gasteiger partial charge in [0.05, 0.1) is 38.8 Å². The highest BCUT2D eigenvalue weighted by Crippen LogP contribution is 2.50. The fourth-order valence-electron chi connectivity index (χ4n) is 9.16. The summed E-state index contributed by atoms with van der Waals surface area (Å²) in [6, 6.07) is 57.2. The molecule has 8 aromatic carbocycles. The van der Waals surface area contributed by atoms with Crippen molar-refractivity contribution in [2.45, 2.75) is 0 Å². The Kier molecular flexibility index (Phi) is 5.22. The van der Waals surface area contributed by atoms with Gasteiger partial charge in [-0.1, -0.05) is 109 Å². The molecule has 0 unspecified atom stereocenters. The van der Waals surface area contributed by atoms with Crippen LogP contribution in [0.25, 0.3) is 119 Å². The first-order valence-corrected chi connectivity index (χ1v) is 18.8.